The van der Waals surface area contributed by atoms with Gasteiger partial charge in [0.25, 0.3) is 0 Å². The molecule has 1 aromatic carbocycles. The van der Waals surface area contributed by atoms with Crippen molar-refractivity contribution in [1.82, 2.24) is 5.43 Å². The van der Waals surface area contributed by atoms with E-state index >= 15 is 0 Å². The summed E-state index contributed by atoms with van der Waals surface area (Å²) >= 11 is 0. The number of halogens is 3. The predicted octanol–water partition coefficient (Wildman–Crippen LogP) is 6.56. The minimum absolute atomic E-state index is 0.332. The van der Waals surface area contributed by atoms with Crippen molar-refractivity contribution in [2.75, 3.05) is 12.0 Å². The Labute approximate surface area is 164 Å². The van der Waals surface area contributed by atoms with Crippen LogP contribution in [0.2, 0.25) is 0 Å². The summed E-state index contributed by atoms with van der Waals surface area (Å²) in [6.07, 6.45) is 6.65. The molecular weight excluding hydrogens is 373 g/mol. The Hall–Kier alpha value is -2.12. The minimum atomic E-state index is -4.73. The molecule has 0 radical (unpaired) electrons. The number of hydrogen-bond acceptors (Lipinski definition) is 4. The molecule has 0 fully saturated rings. The quantitative estimate of drug-likeness (QED) is 0.272. The molecule has 160 valence electrons. The van der Waals surface area contributed by atoms with E-state index in [2.05, 4.69) is 22.5 Å². The van der Waals surface area contributed by atoms with Gasteiger partial charge in [0, 0.05) is 0 Å². The Bertz CT molecular complexity index is 536. The predicted molar refractivity (Wildman–Crippen MR) is 103 cm³/mol. The highest BCUT2D eigenvalue weighted by atomic mass is 19.4. The number of hydrogen-bond donors (Lipinski definition) is 2. The maximum absolute atomic E-state index is 12.1. The summed E-state index contributed by atoms with van der Waals surface area (Å²) in [4.78, 5) is 11.6. The number of amides is 1. The molecule has 0 bridgehead atoms. The normalized spacial score (nSPS) is 11.1. The average molecular weight is 404 g/mol. The van der Waals surface area contributed by atoms with Crippen molar-refractivity contribution in [3.8, 4) is 5.75 Å². The van der Waals surface area contributed by atoms with Crippen LogP contribution in [0.4, 0.5) is 23.7 Å². The van der Waals surface area contributed by atoms with Crippen molar-refractivity contribution >= 4 is 11.8 Å². The van der Waals surface area contributed by atoms with E-state index in [0.717, 1.165) is 31.4 Å². The molecule has 0 aromatic heterocycles. The van der Waals surface area contributed by atoms with E-state index in [4.69, 9.17) is 4.74 Å². The van der Waals surface area contributed by atoms with Crippen LogP contribution >= 0.6 is 0 Å². The van der Waals surface area contributed by atoms with Crippen molar-refractivity contribution in [2.24, 2.45) is 0 Å². The van der Waals surface area contributed by atoms with Crippen LogP contribution in [0.1, 0.15) is 71.1 Å². The van der Waals surface area contributed by atoms with Crippen molar-refractivity contribution in [3.63, 3.8) is 0 Å². The van der Waals surface area contributed by atoms with Crippen LogP contribution in [0.25, 0.3) is 0 Å². The van der Waals surface area contributed by atoms with E-state index in [-0.39, 0.29) is 5.75 Å². The molecule has 1 amide bonds. The van der Waals surface area contributed by atoms with E-state index < -0.39 is 12.5 Å². The van der Waals surface area contributed by atoms with E-state index in [1.807, 2.05) is 0 Å². The molecule has 1 aromatic rings. The first-order chi connectivity index (χ1) is 13.4. The lowest BCUT2D eigenvalue weighted by Gasteiger charge is -2.11. The standard InChI is InChI=1S/C20H31F3N2O3/c1-2-3-4-5-6-7-8-9-10-11-16-27-19(26)25-24-17-12-14-18(15-13-17)28-20(21,22)23/h12-15,24H,2-11,16H2,1H3,(H,25,26). The molecule has 0 atom stereocenters. The maximum atomic E-state index is 12.1. The Morgan fingerprint density at radius 1 is 0.893 bits per heavy atom. The molecule has 0 saturated heterocycles. The Morgan fingerprint density at radius 3 is 1.96 bits per heavy atom. The summed E-state index contributed by atoms with van der Waals surface area (Å²) in [5, 5.41) is 0. The van der Waals surface area contributed by atoms with Crippen LogP contribution in [0.15, 0.2) is 24.3 Å². The summed E-state index contributed by atoms with van der Waals surface area (Å²) in [6.45, 7) is 2.55. The molecule has 0 spiro atoms. The third-order valence-electron chi connectivity index (χ3n) is 4.13. The molecule has 0 unspecified atom stereocenters. The smallest absolute Gasteiger partial charge is 0.448 e. The summed E-state index contributed by atoms with van der Waals surface area (Å²) < 4.78 is 45.0. The van der Waals surface area contributed by atoms with Gasteiger partial charge in [-0.15, -0.1) is 13.2 Å². The van der Waals surface area contributed by atoms with Gasteiger partial charge in [0.05, 0.1) is 12.3 Å². The van der Waals surface area contributed by atoms with E-state index in [9.17, 15) is 18.0 Å². The van der Waals surface area contributed by atoms with Crippen molar-refractivity contribution in [3.05, 3.63) is 24.3 Å². The van der Waals surface area contributed by atoms with E-state index in [0.29, 0.717) is 12.3 Å². The first-order valence-electron chi connectivity index (χ1n) is 9.95. The average Bonchev–Trinajstić information content (AvgIpc) is 2.64. The highest BCUT2D eigenvalue weighted by molar-refractivity contribution is 5.69. The van der Waals surface area contributed by atoms with Crippen LogP contribution in [-0.2, 0) is 4.74 Å². The molecule has 0 saturated carbocycles. The zero-order valence-electron chi connectivity index (χ0n) is 16.4. The Balaban J connectivity index is 2.01. The van der Waals surface area contributed by atoms with Gasteiger partial charge in [-0.1, -0.05) is 64.7 Å². The van der Waals surface area contributed by atoms with Crippen LogP contribution < -0.4 is 15.6 Å². The second-order valence-corrected chi connectivity index (χ2v) is 6.64. The highest BCUT2D eigenvalue weighted by Gasteiger charge is 2.30. The number of anilines is 1. The minimum Gasteiger partial charge on any atom is -0.448 e. The molecule has 5 nitrogen and oxygen atoms in total. The molecule has 0 aliphatic rings. The Morgan fingerprint density at radius 2 is 1.43 bits per heavy atom. The van der Waals surface area contributed by atoms with Gasteiger partial charge in [-0.25, -0.2) is 10.2 Å². The van der Waals surface area contributed by atoms with E-state index in [1.165, 1.54) is 57.1 Å². The number of hydrazine groups is 1. The molecule has 2 N–H and O–H groups in total. The van der Waals surface area contributed by atoms with Crippen molar-refractivity contribution in [2.45, 2.75) is 77.5 Å². The second kappa shape index (κ2) is 14.0. The first-order valence-corrected chi connectivity index (χ1v) is 9.95. The van der Waals surface area contributed by atoms with Gasteiger partial charge >= 0.3 is 12.5 Å². The molecule has 8 heteroatoms. The van der Waals surface area contributed by atoms with Gasteiger partial charge in [-0.05, 0) is 30.7 Å². The number of nitrogens with one attached hydrogen (secondary N) is 2. The lowest BCUT2D eigenvalue weighted by molar-refractivity contribution is -0.274. The summed E-state index contributed by atoms with van der Waals surface area (Å²) in [5.74, 6) is -0.332. The molecule has 0 aliphatic heterocycles. The fourth-order valence-corrected chi connectivity index (χ4v) is 2.65. The number of ether oxygens (including phenoxy) is 2. The number of carbonyl (C=O) groups is 1. The molecule has 0 heterocycles. The topological polar surface area (TPSA) is 59.6 Å². The zero-order valence-corrected chi connectivity index (χ0v) is 16.4. The number of alkyl halides is 3. The third-order valence-corrected chi connectivity index (χ3v) is 4.13. The van der Waals surface area contributed by atoms with Gasteiger partial charge in [0.1, 0.15) is 5.75 Å². The summed E-state index contributed by atoms with van der Waals surface area (Å²) in [6, 6.07) is 4.99. The molecule has 28 heavy (non-hydrogen) atoms. The van der Waals surface area contributed by atoms with E-state index in [1.54, 1.807) is 0 Å². The molecule has 1 rings (SSSR count). The highest BCUT2D eigenvalue weighted by Crippen LogP contribution is 2.23. The monoisotopic (exact) mass is 404 g/mol. The number of carbonyl (C=O) groups excluding carboxylic acids is 1. The number of unbranched alkanes of at least 4 members (excludes halogenated alkanes) is 9. The van der Waals surface area contributed by atoms with Gasteiger partial charge in [-0.2, -0.15) is 0 Å². The lowest BCUT2D eigenvalue weighted by atomic mass is 10.1. The number of benzene rings is 1. The summed E-state index contributed by atoms with van der Waals surface area (Å²) in [7, 11) is 0. The van der Waals surface area contributed by atoms with Crippen LogP contribution in [0, 0.1) is 0 Å². The second-order valence-electron chi connectivity index (χ2n) is 6.64. The largest absolute Gasteiger partial charge is 0.573 e. The Kier molecular flexibility index (Phi) is 11.9. The fourth-order valence-electron chi connectivity index (χ4n) is 2.65. The van der Waals surface area contributed by atoms with Crippen molar-refractivity contribution in [1.29, 1.82) is 0 Å². The van der Waals surface area contributed by atoms with Crippen LogP contribution in [-0.4, -0.2) is 19.1 Å². The third kappa shape index (κ3) is 13.1. The van der Waals surface area contributed by atoms with Crippen LogP contribution in [0.3, 0.4) is 0 Å². The van der Waals surface area contributed by atoms with Gasteiger partial charge < -0.3 is 9.47 Å². The maximum Gasteiger partial charge on any atom is 0.573 e. The molecule has 0 aliphatic carbocycles. The SMILES string of the molecule is CCCCCCCCCCCCOC(=O)NNc1ccc(OC(F)(F)F)cc1. The van der Waals surface area contributed by atoms with Crippen LogP contribution in [0.5, 0.6) is 5.75 Å². The fraction of sp³-hybridized carbons (Fsp3) is 0.650. The molecular formula is C20H31F3N2O3. The van der Waals surface area contributed by atoms with Crippen molar-refractivity contribution < 1.29 is 27.4 Å². The van der Waals surface area contributed by atoms with Gasteiger partial charge in [0.2, 0.25) is 0 Å². The lowest BCUT2D eigenvalue weighted by Crippen LogP contribution is -2.30. The summed E-state index contributed by atoms with van der Waals surface area (Å²) in [5.41, 5.74) is 5.30. The van der Waals surface area contributed by atoms with Gasteiger partial charge in [-0.3, -0.25) is 5.43 Å². The zero-order chi connectivity index (χ0) is 20.7. The van der Waals surface area contributed by atoms with Gasteiger partial charge in [0.15, 0.2) is 0 Å². The first kappa shape index (κ1) is 23.9. The number of rotatable bonds is 14.